The Morgan fingerprint density at radius 2 is 1.86 bits per heavy atom. The lowest BCUT2D eigenvalue weighted by Crippen LogP contribution is -2.51. The molecule has 0 bridgehead atoms. The van der Waals surface area contributed by atoms with Crippen molar-refractivity contribution < 1.29 is 9.84 Å². The standard InChI is InChI=1S/C24H31ClN2O2/c1-29-23-11-3-2-10-22(23)24(28)12-5-4-7-19(24)18-26-13-15-27(16-14-26)21-9-6-8-20(25)17-21/h2-3,6,8-11,17,19,28H,4-5,7,12-16,18H2,1H3. The first-order valence-electron chi connectivity index (χ1n) is 10.7. The molecule has 0 spiro atoms. The molecule has 0 aromatic heterocycles. The van der Waals surface area contributed by atoms with Crippen LogP contribution < -0.4 is 9.64 Å². The van der Waals surface area contributed by atoms with E-state index in [1.807, 2.05) is 42.5 Å². The summed E-state index contributed by atoms with van der Waals surface area (Å²) in [5, 5.41) is 12.6. The van der Waals surface area contributed by atoms with E-state index in [9.17, 15) is 5.11 Å². The molecular formula is C24H31ClN2O2. The highest BCUT2D eigenvalue weighted by atomic mass is 35.5. The predicted molar refractivity (Wildman–Crippen MR) is 119 cm³/mol. The lowest BCUT2D eigenvalue weighted by molar-refractivity contribution is -0.0673. The second-order valence-corrected chi connectivity index (χ2v) is 8.77. The van der Waals surface area contributed by atoms with Crippen molar-refractivity contribution in [1.82, 2.24) is 4.90 Å². The van der Waals surface area contributed by atoms with Gasteiger partial charge in [-0.1, -0.05) is 48.7 Å². The number of para-hydroxylation sites is 1. The topological polar surface area (TPSA) is 35.9 Å². The number of ether oxygens (including phenoxy) is 1. The fourth-order valence-corrected chi connectivity index (χ4v) is 5.18. The minimum Gasteiger partial charge on any atom is -0.496 e. The first-order chi connectivity index (χ1) is 14.1. The number of anilines is 1. The Morgan fingerprint density at radius 1 is 1.07 bits per heavy atom. The second-order valence-electron chi connectivity index (χ2n) is 8.33. The van der Waals surface area contributed by atoms with E-state index in [2.05, 4.69) is 15.9 Å². The number of benzene rings is 2. The molecule has 2 fully saturated rings. The number of hydrogen-bond acceptors (Lipinski definition) is 4. The Labute approximate surface area is 179 Å². The van der Waals surface area contributed by atoms with Crippen molar-refractivity contribution in [2.24, 2.45) is 5.92 Å². The van der Waals surface area contributed by atoms with Gasteiger partial charge in [0.1, 0.15) is 5.75 Å². The molecule has 1 saturated heterocycles. The van der Waals surface area contributed by atoms with Gasteiger partial charge in [-0.3, -0.25) is 4.90 Å². The van der Waals surface area contributed by atoms with Gasteiger partial charge in [-0.25, -0.2) is 0 Å². The van der Waals surface area contributed by atoms with Crippen molar-refractivity contribution in [3.8, 4) is 5.75 Å². The molecule has 1 aliphatic carbocycles. The Morgan fingerprint density at radius 3 is 2.62 bits per heavy atom. The molecule has 1 saturated carbocycles. The van der Waals surface area contributed by atoms with Gasteiger partial charge in [0.25, 0.3) is 0 Å². The van der Waals surface area contributed by atoms with Crippen LogP contribution in [-0.2, 0) is 5.60 Å². The molecule has 2 aromatic carbocycles. The summed E-state index contributed by atoms with van der Waals surface area (Å²) in [7, 11) is 1.69. The molecule has 2 aliphatic rings. The fraction of sp³-hybridized carbons (Fsp3) is 0.500. The summed E-state index contributed by atoms with van der Waals surface area (Å²) < 4.78 is 5.58. The van der Waals surface area contributed by atoms with Crippen LogP contribution in [0.15, 0.2) is 48.5 Å². The zero-order valence-electron chi connectivity index (χ0n) is 17.2. The van der Waals surface area contributed by atoms with Crippen LogP contribution in [0.5, 0.6) is 5.75 Å². The van der Waals surface area contributed by atoms with Crippen molar-refractivity contribution in [3.05, 3.63) is 59.1 Å². The molecule has 2 aromatic rings. The molecule has 4 rings (SSSR count). The van der Waals surface area contributed by atoms with Gasteiger partial charge in [0, 0.05) is 54.9 Å². The van der Waals surface area contributed by atoms with Crippen molar-refractivity contribution in [1.29, 1.82) is 0 Å². The predicted octanol–water partition coefficient (Wildman–Crippen LogP) is 4.55. The molecule has 4 nitrogen and oxygen atoms in total. The number of rotatable bonds is 5. The zero-order chi connectivity index (χ0) is 20.3. The fourth-order valence-electron chi connectivity index (χ4n) is 5.00. The summed E-state index contributed by atoms with van der Waals surface area (Å²) in [6.45, 7) is 4.91. The van der Waals surface area contributed by atoms with E-state index >= 15 is 0 Å². The maximum absolute atomic E-state index is 11.8. The summed E-state index contributed by atoms with van der Waals surface area (Å²) >= 11 is 6.16. The minimum absolute atomic E-state index is 0.227. The van der Waals surface area contributed by atoms with Gasteiger partial charge in [-0.2, -0.15) is 0 Å². The molecule has 1 aliphatic heterocycles. The third-order valence-electron chi connectivity index (χ3n) is 6.63. The first kappa shape index (κ1) is 20.5. The first-order valence-corrected chi connectivity index (χ1v) is 11.1. The largest absolute Gasteiger partial charge is 0.496 e. The molecular weight excluding hydrogens is 384 g/mol. The monoisotopic (exact) mass is 414 g/mol. The van der Waals surface area contributed by atoms with Crippen molar-refractivity contribution in [3.63, 3.8) is 0 Å². The Balaban J connectivity index is 1.44. The molecule has 29 heavy (non-hydrogen) atoms. The number of aliphatic hydroxyl groups is 1. The minimum atomic E-state index is -0.811. The summed E-state index contributed by atoms with van der Waals surface area (Å²) in [6.07, 6.45) is 4.11. The normalized spacial score (nSPS) is 25.8. The molecule has 5 heteroatoms. The summed E-state index contributed by atoms with van der Waals surface area (Å²) in [5.74, 6) is 1.03. The summed E-state index contributed by atoms with van der Waals surface area (Å²) in [4.78, 5) is 4.91. The van der Waals surface area contributed by atoms with E-state index in [0.717, 1.165) is 68.3 Å². The van der Waals surface area contributed by atoms with Gasteiger partial charge in [0.05, 0.1) is 12.7 Å². The van der Waals surface area contributed by atoms with E-state index < -0.39 is 5.60 Å². The molecule has 1 heterocycles. The smallest absolute Gasteiger partial charge is 0.124 e. The van der Waals surface area contributed by atoms with Crippen LogP contribution in [0.2, 0.25) is 5.02 Å². The SMILES string of the molecule is COc1ccccc1C1(O)CCCCC1CN1CCN(c2cccc(Cl)c2)CC1. The number of nitrogens with zero attached hydrogens (tertiary/aromatic N) is 2. The van der Waals surface area contributed by atoms with Crippen LogP contribution >= 0.6 is 11.6 Å². The van der Waals surface area contributed by atoms with Crippen LogP contribution in [0.1, 0.15) is 31.2 Å². The molecule has 1 N–H and O–H groups in total. The maximum Gasteiger partial charge on any atom is 0.124 e. The average Bonchev–Trinajstić information content (AvgIpc) is 2.76. The van der Waals surface area contributed by atoms with Crippen molar-refractivity contribution in [2.45, 2.75) is 31.3 Å². The second kappa shape index (κ2) is 8.95. The van der Waals surface area contributed by atoms with Crippen LogP contribution in [0, 0.1) is 5.92 Å². The summed E-state index contributed by atoms with van der Waals surface area (Å²) in [6, 6.07) is 16.1. The maximum atomic E-state index is 11.8. The number of halogens is 1. The van der Waals surface area contributed by atoms with E-state index in [-0.39, 0.29) is 5.92 Å². The molecule has 2 unspecified atom stereocenters. The highest BCUT2D eigenvalue weighted by Gasteiger charge is 2.43. The van der Waals surface area contributed by atoms with Gasteiger partial charge >= 0.3 is 0 Å². The summed E-state index contributed by atoms with van der Waals surface area (Å²) in [5.41, 5.74) is 1.33. The van der Waals surface area contributed by atoms with Gasteiger partial charge in [-0.15, -0.1) is 0 Å². The lowest BCUT2D eigenvalue weighted by Gasteiger charge is -2.45. The Kier molecular flexibility index (Phi) is 6.33. The third kappa shape index (κ3) is 4.40. The Bertz CT molecular complexity index is 822. The zero-order valence-corrected chi connectivity index (χ0v) is 17.9. The van der Waals surface area contributed by atoms with Gasteiger partial charge in [0.2, 0.25) is 0 Å². The van der Waals surface area contributed by atoms with Crippen LogP contribution in [0.4, 0.5) is 5.69 Å². The van der Waals surface area contributed by atoms with Crippen molar-refractivity contribution >= 4 is 17.3 Å². The van der Waals surface area contributed by atoms with E-state index in [1.54, 1.807) is 7.11 Å². The highest BCUT2D eigenvalue weighted by molar-refractivity contribution is 6.30. The Hall–Kier alpha value is -1.75. The average molecular weight is 415 g/mol. The molecule has 0 radical (unpaired) electrons. The van der Waals surface area contributed by atoms with Crippen LogP contribution in [0.25, 0.3) is 0 Å². The van der Waals surface area contributed by atoms with Crippen molar-refractivity contribution in [2.75, 3.05) is 44.7 Å². The van der Waals surface area contributed by atoms with Crippen LogP contribution in [-0.4, -0.2) is 49.8 Å². The molecule has 156 valence electrons. The molecule has 0 amide bonds. The lowest BCUT2D eigenvalue weighted by atomic mass is 9.71. The third-order valence-corrected chi connectivity index (χ3v) is 6.87. The van der Waals surface area contributed by atoms with Gasteiger partial charge in [-0.05, 0) is 37.1 Å². The van der Waals surface area contributed by atoms with E-state index in [1.165, 1.54) is 12.1 Å². The number of methoxy groups -OCH3 is 1. The quantitative estimate of drug-likeness (QED) is 0.778. The number of hydrogen-bond donors (Lipinski definition) is 1. The van der Waals surface area contributed by atoms with Crippen LogP contribution in [0.3, 0.4) is 0 Å². The highest BCUT2D eigenvalue weighted by Crippen LogP contribution is 2.45. The van der Waals surface area contributed by atoms with E-state index in [0.29, 0.717) is 0 Å². The van der Waals surface area contributed by atoms with E-state index in [4.69, 9.17) is 16.3 Å². The number of piperazine rings is 1. The van der Waals surface area contributed by atoms with Gasteiger partial charge in [0.15, 0.2) is 0 Å². The van der Waals surface area contributed by atoms with Gasteiger partial charge < -0.3 is 14.7 Å². The molecule has 2 atom stereocenters.